The van der Waals surface area contributed by atoms with E-state index in [0.29, 0.717) is 10.9 Å². The molecule has 1 atom stereocenters. The number of nitrogens with zero attached hydrogens (tertiary/aromatic N) is 1. The number of carbonyl (C=O) groups is 2. The number of H-pyrrole nitrogens is 1. The lowest BCUT2D eigenvalue weighted by Gasteiger charge is -2.23. The van der Waals surface area contributed by atoms with Crippen molar-refractivity contribution >= 4 is 35.1 Å². The molecule has 0 fully saturated rings. The highest BCUT2D eigenvalue weighted by Gasteiger charge is 2.35. The van der Waals surface area contributed by atoms with Crippen molar-refractivity contribution in [3.63, 3.8) is 0 Å². The SMILES string of the molecule is O=C1CC(C(=O)Nc2cc(F)ccc2F)c2c(nc(SCCc3ccccc3)[nH]c2=O)N1. The largest absolute Gasteiger partial charge is 0.323 e. The number of amides is 2. The first-order chi connectivity index (χ1) is 15.4. The predicted octanol–water partition coefficient (Wildman–Crippen LogP) is 3.45. The minimum Gasteiger partial charge on any atom is -0.323 e. The molecule has 1 aromatic heterocycles. The van der Waals surface area contributed by atoms with E-state index in [1.54, 1.807) is 0 Å². The third-order valence-corrected chi connectivity index (χ3v) is 5.78. The number of hydrogen-bond acceptors (Lipinski definition) is 5. The molecule has 7 nitrogen and oxygen atoms in total. The summed E-state index contributed by atoms with van der Waals surface area (Å²) in [6.07, 6.45) is 0.434. The van der Waals surface area contributed by atoms with Gasteiger partial charge in [-0.25, -0.2) is 13.8 Å². The molecular weight excluding hydrogens is 438 g/mol. The maximum absolute atomic E-state index is 13.9. The number of rotatable bonds is 6. The van der Waals surface area contributed by atoms with Crippen LogP contribution in [0.25, 0.3) is 0 Å². The number of aromatic amines is 1. The average Bonchev–Trinajstić information content (AvgIpc) is 2.76. The summed E-state index contributed by atoms with van der Waals surface area (Å²) >= 11 is 1.31. The average molecular weight is 456 g/mol. The zero-order chi connectivity index (χ0) is 22.7. The molecule has 0 aliphatic carbocycles. The molecule has 0 radical (unpaired) electrons. The van der Waals surface area contributed by atoms with Crippen LogP contribution in [0.5, 0.6) is 0 Å². The third-order valence-electron chi connectivity index (χ3n) is 4.90. The maximum atomic E-state index is 13.9. The van der Waals surface area contributed by atoms with E-state index in [0.717, 1.165) is 30.2 Å². The molecule has 164 valence electrons. The van der Waals surface area contributed by atoms with E-state index in [1.807, 2.05) is 30.3 Å². The Morgan fingerprint density at radius 1 is 1.16 bits per heavy atom. The normalized spacial score (nSPS) is 15.1. The van der Waals surface area contributed by atoms with Crippen molar-refractivity contribution in [2.45, 2.75) is 23.9 Å². The van der Waals surface area contributed by atoms with Crippen molar-refractivity contribution in [2.24, 2.45) is 0 Å². The van der Waals surface area contributed by atoms with Gasteiger partial charge in [0.1, 0.15) is 17.5 Å². The molecular formula is C22H18F2N4O3S. The number of carbonyl (C=O) groups excluding carboxylic acids is 2. The Morgan fingerprint density at radius 3 is 2.72 bits per heavy atom. The van der Waals surface area contributed by atoms with Gasteiger partial charge in [0.25, 0.3) is 5.56 Å². The smallest absolute Gasteiger partial charge is 0.257 e. The first kappa shape index (κ1) is 21.7. The van der Waals surface area contributed by atoms with E-state index in [9.17, 15) is 23.2 Å². The Kier molecular flexibility index (Phi) is 6.31. The van der Waals surface area contributed by atoms with Gasteiger partial charge in [0.05, 0.1) is 17.2 Å². The highest BCUT2D eigenvalue weighted by molar-refractivity contribution is 7.99. The van der Waals surface area contributed by atoms with Crippen LogP contribution < -0.4 is 16.2 Å². The summed E-state index contributed by atoms with van der Waals surface area (Å²) in [4.78, 5) is 44.6. The second-order valence-electron chi connectivity index (χ2n) is 7.14. The second-order valence-corrected chi connectivity index (χ2v) is 8.22. The molecule has 1 aliphatic heterocycles. The fourth-order valence-electron chi connectivity index (χ4n) is 3.37. The lowest BCUT2D eigenvalue weighted by Crippen LogP contribution is -2.36. The van der Waals surface area contributed by atoms with Gasteiger partial charge in [-0.3, -0.25) is 14.4 Å². The van der Waals surface area contributed by atoms with Crippen molar-refractivity contribution in [3.8, 4) is 0 Å². The van der Waals surface area contributed by atoms with Crippen LogP contribution in [0.1, 0.15) is 23.5 Å². The van der Waals surface area contributed by atoms with Gasteiger partial charge in [-0.05, 0) is 24.1 Å². The van der Waals surface area contributed by atoms with Crippen molar-refractivity contribution in [1.29, 1.82) is 0 Å². The van der Waals surface area contributed by atoms with Gasteiger partial charge < -0.3 is 15.6 Å². The highest BCUT2D eigenvalue weighted by atomic mass is 32.2. The maximum Gasteiger partial charge on any atom is 0.257 e. The van der Waals surface area contributed by atoms with Crippen molar-refractivity contribution < 1.29 is 18.4 Å². The first-order valence-corrected chi connectivity index (χ1v) is 10.8. The molecule has 32 heavy (non-hydrogen) atoms. The number of thioether (sulfide) groups is 1. The molecule has 1 unspecified atom stereocenters. The summed E-state index contributed by atoms with van der Waals surface area (Å²) in [5.74, 6) is -3.44. The van der Waals surface area contributed by atoms with Crippen molar-refractivity contribution in [1.82, 2.24) is 9.97 Å². The summed E-state index contributed by atoms with van der Waals surface area (Å²) < 4.78 is 27.3. The van der Waals surface area contributed by atoms with E-state index >= 15 is 0 Å². The minimum atomic E-state index is -1.19. The van der Waals surface area contributed by atoms with E-state index in [-0.39, 0.29) is 23.5 Å². The van der Waals surface area contributed by atoms with Crippen LogP contribution in [0.3, 0.4) is 0 Å². The summed E-state index contributed by atoms with van der Waals surface area (Å²) in [5, 5.41) is 5.09. The first-order valence-electron chi connectivity index (χ1n) is 9.77. The molecule has 0 bridgehead atoms. The Labute approximate surface area is 185 Å². The molecule has 3 N–H and O–H groups in total. The number of aromatic nitrogens is 2. The van der Waals surface area contributed by atoms with Crippen LogP contribution in [-0.2, 0) is 16.0 Å². The van der Waals surface area contributed by atoms with E-state index in [2.05, 4.69) is 20.6 Å². The van der Waals surface area contributed by atoms with Crippen LogP contribution in [0.2, 0.25) is 0 Å². The molecule has 2 amide bonds. The lowest BCUT2D eigenvalue weighted by molar-refractivity contribution is -0.123. The summed E-state index contributed by atoms with van der Waals surface area (Å²) in [6, 6.07) is 12.4. The molecule has 3 aromatic rings. The summed E-state index contributed by atoms with van der Waals surface area (Å²) in [5.41, 5.74) is 0.165. The number of halogens is 2. The number of hydrogen-bond donors (Lipinski definition) is 3. The van der Waals surface area contributed by atoms with Gasteiger partial charge in [0.15, 0.2) is 5.16 Å². The van der Waals surface area contributed by atoms with Crippen LogP contribution in [0.15, 0.2) is 58.5 Å². The fraction of sp³-hybridized carbons (Fsp3) is 0.182. The predicted molar refractivity (Wildman–Crippen MR) is 117 cm³/mol. The van der Waals surface area contributed by atoms with E-state index in [1.165, 1.54) is 11.8 Å². The zero-order valence-corrected chi connectivity index (χ0v) is 17.5. The Hall–Kier alpha value is -3.53. The standard InChI is InChI=1S/C22H18F2N4O3S/c23-13-6-7-15(24)16(10-13)25-20(30)14-11-17(29)26-19-18(14)21(31)28-22(27-19)32-9-8-12-4-2-1-3-5-12/h1-7,10,14H,8-9,11H2,(H,25,30)(H2,26,27,28,29,31). The van der Waals surface area contributed by atoms with Gasteiger partial charge in [-0.1, -0.05) is 42.1 Å². The fourth-order valence-corrected chi connectivity index (χ4v) is 4.22. The molecule has 10 heteroatoms. The topological polar surface area (TPSA) is 104 Å². The van der Waals surface area contributed by atoms with Crippen LogP contribution >= 0.6 is 11.8 Å². The molecule has 2 aromatic carbocycles. The summed E-state index contributed by atoms with van der Waals surface area (Å²) in [6.45, 7) is 0. The molecule has 4 rings (SSSR count). The Morgan fingerprint density at radius 2 is 1.94 bits per heavy atom. The lowest BCUT2D eigenvalue weighted by atomic mass is 9.92. The Balaban J connectivity index is 1.54. The Bertz CT molecular complexity index is 1230. The quantitative estimate of drug-likeness (QED) is 0.389. The minimum absolute atomic E-state index is 0.00734. The monoisotopic (exact) mass is 456 g/mol. The van der Waals surface area contributed by atoms with Crippen molar-refractivity contribution in [2.75, 3.05) is 16.4 Å². The zero-order valence-electron chi connectivity index (χ0n) is 16.7. The van der Waals surface area contributed by atoms with E-state index in [4.69, 9.17) is 0 Å². The third kappa shape index (κ3) is 4.86. The molecule has 1 aliphatic rings. The van der Waals surface area contributed by atoms with Crippen LogP contribution in [0, 0.1) is 11.6 Å². The number of benzene rings is 2. The summed E-state index contributed by atoms with van der Waals surface area (Å²) in [7, 11) is 0. The van der Waals surface area contributed by atoms with Gasteiger partial charge in [-0.2, -0.15) is 0 Å². The van der Waals surface area contributed by atoms with Gasteiger partial charge >= 0.3 is 0 Å². The number of fused-ring (bicyclic) bond motifs is 1. The number of anilines is 2. The van der Waals surface area contributed by atoms with Gasteiger partial charge in [0, 0.05) is 18.2 Å². The van der Waals surface area contributed by atoms with Gasteiger partial charge in [0.2, 0.25) is 11.8 Å². The van der Waals surface area contributed by atoms with E-state index < -0.39 is 34.9 Å². The molecule has 2 heterocycles. The van der Waals surface area contributed by atoms with Crippen LogP contribution in [-0.4, -0.2) is 27.5 Å². The van der Waals surface area contributed by atoms with Gasteiger partial charge in [-0.15, -0.1) is 0 Å². The molecule has 0 spiro atoms. The van der Waals surface area contributed by atoms with Crippen molar-refractivity contribution in [3.05, 3.63) is 81.6 Å². The second kappa shape index (κ2) is 9.31. The number of nitrogens with one attached hydrogen (secondary N) is 3. The molecule has 0 saturated carbocycles. The number of aryl methyl sites for hydroxylation is 1. The highest BCUT2D eigenvalue weighted by Crippen LogP contribution is 2.31. The molecule has 0 saturated heterocycles. The van der Waals surface area contributed by atoms with Crippen LogP contribution in [0.4, 0.5) is 20.3 Å².